The fraction of sp³-hybridized carbons (Fsp3) is 0.455. The van der Waals surface area contributed by atoms with E-state index >= 15 is 0 Å². The second-order valence-electron chi connectivity index (χ2n) is 4.35. The molecule has 0 spiro atoms. The molecule has 14 heavy (non-hydrogen) atoms. The lowest BCUT2D eigenvalue weighted by Gasteiger charge is -2.17. The highest BCUT2D eigenvalue weighted by atomic mass is 16.5. The van der Waals surface area contributed by atoms with Gasteiger partial charge < -0.3 is 4.74 Å². The monoisotopic (exact) mass is 190 g/mol. The van der Waals surface area contributed by atoms with E-state index in [-0.39, 0.29) is 5.41 Å². The van der Waals surface area contributed by atoms with Gasteiger partial charge in [0.25, 0.3) is 0 Å². The van der Waals surface area contributed by atoms with Crippen molar-refractivity contribution in [2.45, 2.75) is 20.8 Å². The number of aromatic nitrogens is 1. The quantitative estimate of drug-likeness (QED) is 0.719. The summed E-state index contributed by atoms with van der Waals surface area (Å²) in [5, 5.41) is 8.56. The minimum Gasteiger partial charge on any atom is -0.477 e. The van der Waals surface area contributed by atoms with E-state index in [4.69, 9.17) is 10.00 Å². The largest absolute Gasteiger partial charge is 0.477 e. The molecule has 0 radical (unpaired) electrons. The topological polar surface area (TPSA) is 45.9 Å². The molecule has 0 amide bonds. The van der Waals surface area contributed by atoms with Crippen LogP contribution in [0.5, 0.6) is 5.88 Å². The van der Waals surface area contributed by atoms with Gasteiger partial charge >= 0.3 is 0 Å². The number of pyridine rings is 1. The van der Waals surface area contributed by atoms with Crippen LogP contribution in [-0.4, -0.2) is 11.6 Å². The van der Waals surface area contributed by atoms with Gasteiger partial charge in [0.1, 0.15) is 6.07 Å². The Morgan fingerprint density at radius 2 is 2.14 bits per heavy atom. The fourth-order valence-electron chi connectivity index (χ4n) is 0.822. The van der Waals surface area contributed by atoms with Crippen LogP contribution in [0.4, 0.5) is 0 Å². The fourth-order valence-corrected chi connectivity index (χ4v) is 0.822. The normalized spacial score (nSPS) is 10.7. The summed E-state index contributed by atoms with van der Waals surface area (Å²) >= 11 is 0. The average Bonchev–Trinajstić information content (AvgIpc) is 2.14. The van der Waals surface area contributed by atoms with Crippen molar-refractivity contribution in [1.29, 1.82) is 5.26 Å². The van der Waals surface area contributed by atoms with Gasteiger partial charge in [-0.3, -0.25) is 0 Å². The zero-order valence-corrected chi connectivity index (χ0v) is 8.74. The van der Waals surface area contributed by atoms with Crippen molar-refractivity contribution in [1.82, 2.24) is 4.98 Å². The van der Waals surface area contributed by atoms with Crippen LogP contribution < -0.4 is 4.74 Å². The molecular formula is C11H14N2O. The summed E-state index contributed by atoms with van der Waals surface area (Å²) in [5.41, 5.74) is 0.670. The maximum absolute atomic E-state index is 8.56. The average molecular weight is 190 g/mol. The second kappa shape index (κ2) is 4.10. The first kappa shape index (κ1) is 10.5. The van der Waals surface area contributed by atoms with Gasteiger partial charge in [-0.25, -0.2) is 4.98 Å². The molecule has 0 N–H and O–H groups in total. The molecule has 1 aromatic heterocycles. The Balaban J connectivity index is 2.58. The first-order chi connectivity index (χ1) is 6.51. The van der Waals surface area contributed by atoms with Crippen LogP contribution in [0.3, 0.4) is 0 Å². The van der Waals surface area contributed by atoms with Crippen LogP contribution >= 0.6 is 0 Å². The van der Waals surface area contributed by atoms with Crippen molar-refractivity contribution in [3.05, 3.63) is 23.9 Å². The molecule has 0 aromatic carbocycles. The molecule has 1 heterocycles. The van der Waals surface area contributed by atoms with E-state index in [0.29, 0.717) is 18.1 Å². The van der Waals surface area contributed by atoms with Gasteiger partial charge in [0.15, 0.2) is 0 Å². The predicted molar refractivity (Wildman–Crippen MR) is 53.9 cm³/mol. The first-order valence-electron chi connectivity index (χ1n) is 4.50. The smallest absolute Gasteiger partial charge is 0.213 e. The number of nitriles is 1. The molecule has 0 fully saturated rings. The number of ether oxygens (including phenoxy) is 1. The molecule has 0 aliphatic rings. The Morgan fingerprint density at radius 1 is 1.43 bits per heavy atom. The van der Waals surface area contributed by atoms with Gasteiger partial charge in [0.05, 0.1) is 12.2 Å². The number of hydrogen-bond donors (Lipinski definition) is 0. The lowest BCUT2D eigenvalue weighted by molar-refractivity contribution is 0.191. The molecule has 0 bridgehead atoms. The summed E-state index contributed by atoms with van der Waals surface area (Å²) < 4.78 is 5.45. The summed E-state index contributed by atoms with van der Waals surface area (Å²) in [6.07, 6.45) is 1.51. The van der Waals surface area contributed by atoms with Crippen molar-refractivity contribution >= 4 is 0 Å². The Bertz CT molecular complexity index is 330. The van der Waals surface area contributed by atoms with Gasteiger partial charge in [-0.2, -0.15) is 5.26 Å². The van der Waals surface area contributed by atoms with Crippen LogP contribution in [0.15, 0.2) is 18.3 Å². The first-order valence-corrected chi connectivity index (χ1v) is 4.50. The highest BCUT2D eigenvalue weighted by molar-refractivity contribution is 5.28. The summed E-state index contributed by atoms with van der Waals surface area (Å²) in [6.45, 7) is 6.90. The highest BCUT2D eigenvalue weighted by Gasteiger charge is 2.11. The van der Waals surface area contributed by atoms with E-state index in [1.807, 2.05) is 6.07 Å². The third-order valence-corrected chi connectivity index (χ3v) is 1.52. The SMILES string of the molecule is CC(C)(C)COc1ccc(C#N)cn1. The summed E-state index contributed by atoms with van der Waals surface area (Å²) in [5.74, 6) is 0.568. The minimum atomic E-state index is 0.121. The van der Waals surface area contributed by atoms with Crippen LogP contribution in [0, 0.1) is 16.7 Å². The van der Waals surface area contributed by atoms with Crippen molar-refractivity contribution in [2.24, 2.45) is 5.41 Å². The Morgan fingerprint density at radius 3 is 2.57 bits per heavy atom. The highest BCUT2D eigenvalue weighted by Crippen LogP contribution is 2.15. The summed E-state index contributed by atoms with van der Waals surface area (Å²) in [6, 6.07) is 5.42. The molecule has 0 unspecified atom stereocenters. The lowest BCUT2D eigenvalue weighted by Crippen LogP contribution is -2.17. The molecule has 3 heteroatoms. The lowest BCUT2D eigenvalue weighted by atomic mass is 9.99. The molecule has 0 aliphatic heterocycles. The van der Waals surface area contributed by atoms with Gasteiger partial charge in [0, 0.05) is 12.3 Å². The molecular weight excluding hydrogens is 176 g/mol. The van der Waals surface area contributed by atoms with E-state index < -0.39 is 0 Å². The van der Waals surface area contributed by atoms with Gasteiger partial charge in [-0.05, 0) is 11.5 Å². The molecule has 0 aliphatic carbocycles. The second-order valence-corrected chi connectivity index (χ2v) is 4.35. The van der Waals surface area contributed by atoms with Gasteiger partial charge in [0.2, 0.25) is 5.88 Å². The third kappa shape index (κ3) is 3.44. The molecule has 74 valence electrons. The summed E-state index contributed by atoms with van der Waals surface area (Å²) in [4.78, 5) is 4.01. The maximum Gasteiger partial charge on any atom is 0.213 e. The Hall–Kier alpha value is -1.56. The third-order valence-electron chi connectivity index (χ3n) is 1.52. The van der Waals surface area contributed by atoms with Crippen molar-refractivity contribution in [3.63, 3.8) is 0 Å². The predicted octanol–water partition coefficient (Wildman–Crippen LogP) is 2.38. The molecule has 3 nitrogen and oxygen atoms in total. The number of nitrogens with zero attached hydrogens (tertiary/aromatic N) is 2. The number of hydrogen-bond acceptors (Lipinski definition) is 3. The zero-order valence-electron chi connectivity index (χ0n) is 8.74. The Labute approximate surface area is 84.3 Å². The molecule has 1 rings (SSSR count). The molecule has 0 atom stereocenters. The van der Waals surface area contributed by atoms with Crippen LogP contribution in [-0.2, 0) is 0 Å². The molecule has 0 saturated carbocycles. The van der Waals surface area contributed by atoms with Crippen molar-refractivity contribution < 1.29 is 4.74 Å². The Kier molecular flexibility index (Phi) is 3.08. The minimum absolute atomic E-state index is 0.121. The standard InChI is InChI=1S/C11H14N2O/c1-11(2,3)8-14-10-5-4-9(6-12)7-13-10/h4-5,7H,8H2,1-3H3. The van der Waals surface area contributed by atoms with Gasteiger partial charge in [-0.15, -0.1) is 0 Å². The summed E-state index contributed by atoms with van der Waals surface area (Å²) in [7, 11) is 0. The van der Waals surface area contributed by atoms with Crippen LogP contribution in [0.25, 0.3) is 0 Å². The van der Waals surface area contributed by atoms with E-state index in [1.54, 1.807) is 12.1 Å². The van der Waals surface area contributed by atoms with E-state index in [2.05, 4.69) is 25.8 Å². The van der Waals surface area contributed by atoms with Crippen LogP contribution in [0.2, 0.25) is 0 Å². The van der Waals surface area contributed by atoms with Crippen molar-refractivity contribution in [3.8, 4) is 11.9 Å². The van der Waals surface area contributed by atoms with Gasteiger partial charge in [-0.1, -0.05) is 20.8 Å². The molecule has 1 aromatic rings. The van der Waals surface area contributed by atoms with Crippen molar-refractivity contribution in [2.75, 3.05) is 6.61 Å². The molecule has 0 saturated heterocycles. The van der Waals surface area contributed by atoms with E-state index in [0.717, 1.165) is 0 Å². The zero-order chi connectivity index (χ0) is 10.6. The van der Waals surface area contributed by atoms with Crippen LogP contribution in [0.1, 0.15) is 26.3 Å². The van der Waals surface area contributed by atoms with E-state index in [9.17, 15) is 0 Å². The van der Waals surface area contributed by atoms with E-state index in [1.165, 1.54) is 6.20 Å². The number of rotatable bonds is 2. The maximum atomic E-state index is 8.56.